The average molecular weight is 482 g/mol. The van der Waals surface area contributed by atoms with Crippen LogP contribution in [0.5, 0.6) is 0 Å². The molecular weight excluding hydrogens is 454 g/mol. The molecule has 5 rings (SSSR count). The molecule has 1 saturated heterocycles. The summed E-state index contributed by atoms with van der Waals surface area (Å²) in [6, 6.07) is 15.4. The van der Waals surface area contributed by atoms with Gasteiger partial charge in [0.2, 0.25) is 0 Å². The summed E-state index contributed by atoms with van der Waals surface area (Å²) >= 11 is 7.99. The van der Waals surface area contributed by atoms with Crippen molar-refractivity contribution in [2.24, 2.45) is 5.92 Å². The topological polar surface area (TPSA) is 65.2 Å². The van der Waals surface area contributed by atoms with Crippen LogP contribution in [0.4, 0.5) is 0 Å². The summed E-state index contributed by atoms with van der Waals surface area (Å²) in [5.41, 5.74) is 6.00. The number of amides is 2. The Hall–Kier alpha value is -2.44. The minimum Gasteiger partial charge on any atom is -0.350 e. The lowest BCUT2D eigenvalue weighted by Crippen LogP contribution is -2.56. The third-order valence-electron chi connectivity index (χ3n) is 7.10. The van der Waals surface area contributed by atoms with E-state index in [0.717, 1.165) is 54.1 Å². The van der Waals surface area contributed by atoms with Crippen LogP contribution in [0.25, 0.3) is 22.0 Å². The monoisotopic (exact) mass is 481 g/mol. The average Bonchev–Trinajstić information content (AvgIpc) is 3.31. The number of nitrogens with zero attached hydrogens (tertiary/aromatic N) is 1. The second-order valence-electron chi connectivity index (χ2n) is 9.10. The van der Waals surface area contributed by atoms with Crippen molar-refractivity contribution < 1.29 is 9.59 Å². The molecule has 172 valence electrons. The van der Waals surface area contributed by atoms with Crippen molar-refractivity contribution in [3.05, 3.63) is 59.2 Å². The number of thioether (sulfide) groups is 1. The summed E-state index contributed by atoms with van der Waals surface area (Å²) in [6.07, 6.45) is 5.13. The number of H-pyrrole nitrogens is 1. The van der Waals surface area contributed by atoms with Gasteiger partial charge in [-0.2, -0.15) is 0 Å². The predicted molar refractivity (Wildman–Crippen MR) is 135 cm³/mol. The molecule has 1 spiro atoms. The maximum Gasteiger partial charge on any atom is 0.286 e. The van der Waals surface area contributed by atoms with Crippen LogP contribution in [0.15, 0.2) is 48.5 Å². The van der Waals surface area contributed by atoms with E-state index in [4.69, 9.17) is 11.6 Å². The van der Waals surface area contributed by atoms with E-state index in [-0.39, 0.29) is 21.9 Å². The second kappa shape index (κ2) is 8.73. The number of fused-ring (bicyclic) bond motifs is 1. The molecule has 2 heterocycles. The Balaban J connectivity index is 1.52. The van der Waals surface area contributed by atoms with Crippen LogP contribution in [-0.4, -0.2) is 31.9 Å². The fourth-order valence-electron chi connectivity index (χ4n) is 5.25. The van der Waals surface area contributed by atoms with Crippen LogP contribution < -0.4 is 5.43 Å². The summed E-state index contributed by atoms with van der Waals surface area (Å²) < 4.78 is 0. The second-order valence-corrected chi connectivity index (χ2v) is 11.2. The smallest absolute Gasteiger partial charge is 0.286 e. The third-order valence-corrected chi connectivity index (χ3v) is 8.92. The van der Waals surface area contributed by atoms with Gasteiger partial charge in [-0.25, -0.2) is 5.01 Å². The van der Waals surface area contributed by atoms with Crippen molar-refractivity contribution in [2.45, 2.75) is 56.1 Å². The zero-order chi connectivity index (χ0) is 23.2. The minimum atomic E-state index is -0.361. The molecule has 1 unspecified atom stereocenters. The summed E-state index contributed by atoms with van der Waals surface area (Å²) in [4.78, 5) is 29.7. The van der Waals surface area contributed by atoms with Crippen LogP contribution in [0.2, 0.25) is 5.02 Å². The van der Waals surface area contributed by atoms with Gasteiger partial charge < -0.3 is 4.98 Å². The fraction of sp³-hybridized carbons (Fsp3) is 0.385. The van der Waals surface area contributed by atoms with Gasteiger partial charge in [0.15, 0.2) is 0 Å². The van der Waals surface area contributed by atoms with Crippen molar-refractivity contribution in [1.82, 2.24) is 15.4 Å². The lowest BCUT2D eigenvalue weighted by molar-refractivity contribution is -0.135. The Morgan fingerprint density at radius 1 is 1.21 bits per heavy atom. The van der Waals surface area contributed by atoms with Gasteiger partial charge in [0.1, 0.15) is 10.6 Å². The molecular formula is C26H28ClN3O2S. The standard InChI is InChI=1S/C26H28ClN3O2S/c1-3-17-11-13-26(14-12-17)30(25(32)16(2)33-26)29-24(31)23-22(18-7-5-4-6-8-18)20-15-19(27)9-10-21(20)28-23/h4-10,15-17,28H,3,11-14H2,1-2H3,(H,29,31). The van der Waals surface area contributed by atoms with Crippen molar-refractivity contribution >= 4 is 46.1 Å². The lowest BCUT2D eigenvalue weighted by atomic mass is 9.84. The van der Waals surface area contributed by atoms with E-state index < -0.39 is 0 Å². The molecule has 2 fully saturated rings. The Morgan fingerprint density at radius 2 is 1.94 bits per heavy atom. The van der Waals surface area contributed by atoms with Crippen LogP contribution in [0.1, 0.15) is 56.4 Å². The van der Waals surface area contributed by atoms with E-state index in [2.05, 4.69) is 17.3 Å². The molecule has 2 amide bonds. The van der Waals surface area contributed by atoms with Gasteiger partial charge in [-0.15, -0.1) is 11.8 Å². The highest BCUT2D eigenvalue weighted by molar-refractivity contribution is 8.02. The quantitative estimate of drug-likeness (QED) is 0.453. The summed E-state index contributed by atoms with van der Waals surface area (Å²) in [5, 5.41) is 2.97. The van der Waals surface area contributed by atoms with Gasteiger partial charge in [-0.1, -0.05) is 55.3 Å². The van der Waals surface area contributed by atoms with Crippen LogP contribution in [0.3, 0.4) is 0 Å². The van der Waals surface area contributed by atoms with Crippen molar-refractivity contribution in [3.8, 4) is 11.1 Å². The van der Waals surface area contributed by atoms with E-state index in [9.17, 15) is 9.59 Å². The Morgan fingerprint density at radius 3 is 2.64 bits per heavy atom. The SMILES string of the molecule is CCC1CCC2(CC1)SC(C)C(=O)N2NC(=O)c1[nH]c2ccc(Cl)cc2c1-c1ccccc1. The number of aromatic nitrogens is 1. The first-order chi connectivity index (χ1) is 15.9. The number of rotatable bonds is 4. The molecule has 3 aromatic rings. The Kier molecular flexibility index (Phi) is 5.91. The summed E-state index contributed by atoms with van der Waals surface area (Å²) in [7, 11) is 0. The number of nitrogens with one attached hydrogen (secondary N) is 2. The molecule has 2 N–H and O–H groups in total. The molecule has 1 aliphatic heterocycles. The number of halogens is 1. The normalized spacial score (nSPS) is 25.2. The van der Waals surface area contributed by atoms with E-state index >= 15 is 0 Å². The number of hydrazine groups is 1. The first kappa shape index (κ1) is 22.4. The van der Waals surface area contributed by atoms with Crippen LogP contribution in [0, 0.1) is 5.92 Å². The summed E-state index contributed by atoms with van der Waals surface area (Å²) in [5.74, 6) is 0.368. The zero-order valence-corrected chi connectivity index (χ0v) is 20.4. The zero-order valence-electron chi connectivity index (χ0n) is 18.9. The number of benzene rings is 2. The van der Waals surface area contributed by atoms with E-state index in [1.54, 1.807) is 22.8 Å². The van der Waals surface area contributed by atoms with E-state index in [0.29, 0.717) is 16.6 Å². The first-order valence-electron chi connectivity index (χ1n) is 11.6. The Bertz CT molecular complexity index is 1200. The van der Waals surface area contributed by atoms with Crippen molar-refractivity contribution in [2.75, 3.05) is 0 Å². The van der Waals surface area contributed by atoms with Crippen LogP contribution >= 0.6 is 23.4 Å². The van der Waals surface area contributed by atoms with Gasteiger partial charge in [0, 0.05) is 21.5 Å². The third kappa shape index (κ3) is 3.93. The molecule has 2 aliphatic rings. The molecule has 1 aromatic heterocycles. The van der Waals surface area contributed by atoms with E-state index in [1.807, 2.05) is 49.4 Å². The predicted octanol–water partition coefficient (Wildman–Crippen LogP) is 6.39. The highest BCUT2D eigenvalue weighted by Gasteiger charge is 2.52. The summed E-state index contributed by atoms with van der Waals surface area (Å²) in [6.45, 7) is 4.16. The maximum absolute atomic E-state index is 13.7. The van der Waals surface area contributed by atoms with Gasteiger partial charge in [0.25, 0.3) is 11.8 Å². The highest BCUT2D eigenvalue weighted by atomic mass is 35.5. The first-order valence-corrected chi connectivity index (χ1v) is 12.9. The molecule has 33 heavy (non-hydrogen) atoms. The maximum atomic E-state index is 13.7. The highest BCUT2D eigenvalue weighted by Crippen LogP contribution is 2.51. The van der Waals surface area contributed by atoms with Gasteiger partial charge in [-0.3, -0.25) is 15.0 Å². The number of hydrogen-bond donors (Lipinski definition) is 2. The molecule has 0 bridgehead atoms. The number of carbonyl (C=O) groups is 2. The Labute approximate surface area is 203 Å². The largest absolute Gasteiger partial charge is 0.350 e. The lowest BCUT2D eigenvalue weighted by Gasteiger charge is -2.42. The number of aromatic amines is 1. The number of hydrogen-bond acceptors (Lipinski definition) is 3. The molecule has 7 heteroatoms. The number of carbonyl (C=O) groups excluding carboxylic acids is 2. The van der Waals surface area contributed by atoms with Crippen molar-refractivity contribution in [3.63, 3.8) is 0 Å². The van der Waals surface area contributed by atoms with E-state index in [1.165, 1.54) is 0 Å². The molecule has 1 aliphatic carbocycles. The van der Waals surface area contributed by atoms with Gasteiger partial charge in [-0.05, 0) is 62.3 Å². The van der Waals surface area contributed by atoms with Gasteiger partial charge in [0.05, 0.1) is 5.25 Å². The molecule has 1 atom stereocenters. The molecule has 5 nitrogen and oxygen atoms in total. The fourth-order valence-corrected chi connectivity index (χ4v) is 7.00. The minimum absolute atomic E-state index is 0.0243. The van der Waals surface area contributed by atoms with Gasteiger partial charge >= 0.3 is 0 Å². The van der Waals surface area contributed by atoms with Crippen molar-refractivity contribution in [1.29, 1.82) is 0 Å². The van der Waals surface area contributed by atoms with Crippen LogP contribution in [-0.2, 0) is 4.79 Å². The molecule has 2 aromatic carbocycles. The molecule has 0 radical (unpaired) electrons. The molecule has 1 saturated carbocycles.